The lowest BCUT2D eigenvalue weighted by molar-refractivity contribution is -0.385. The molecule has 0 unspecified atom stereocenters. The molecule has 0 aliphatic carbocycles. The van der Waals surface area contributed by atoms with Crippen molar-refractivity contribution in [3.63, 3.8) is 0 Å². The second-order valence-electron chi connectivity index (χ2n) is 21.0. The number of imidazole rings is 2. The number of nitrogens with zero attached hydrogens (tertiary/aromatic N) is 10. The lowest BCUT2D eigenvalue weighted by Gasteiger charge is -2.24. The Morgan fingerprint density at radius 3 is 1.59 bits per heavy atom. The van der Waals surface area contributed by atoms with E-state index < -0.39 is 17.9 Å². The number of nitro groups is 2. The summed E-state index contributed by atoms with van der Waals surface area (Å²) in [6.07, 6.45) is 6.87. The summed E-state index contributed by atoms with van der Waals surface area (Å²) in [5.41, 5.74) is 8.70. The summed E-state index contributed by atoms with van der Waals surface area (Å²) in [7, 11) is -1.15. The Balaban J connectivity index is 0.000000156. The molecule has 0 amide bonds. The molecule has 0 atom stereocenters. The van der Waals surface area contributed by atoms with Crippen LogP contribution in [-0.2, 0) is 30.4 Å². The molecule has 460 valence electrons. The highest BCUT2D eigenvalue weighted by molar-refractivity contribution is 6.76. The highest BCUT2D eigenvalue weighted by Crippen LogP contribution is 2.29. The first kappa shape index (κ1) is 66.8. The van der Waals surface area contributed by atoms with E-state index in [9.17, 15) is 29.8 Å². The normalized spacial score (nSPS) is 16.2. The van der Waals surface area contributed by atoms with Gasteiger partial charge in [-0.15, -0.1) is 0 Å². The van der Waals surface area contributed by atoms with Crippen molar-refractivity contribution in [2.75, 3.05) is 75.8 Å². The van der Waals surface area contributed by atoms with Crippen LogP contribution >= 0.6 is 69.6 Å². The van der Waals surface area contributed by atoms with Crippen LogP contribution in [0.25, 0.3) is 22.3 Å². The molecule has 4 fully saturated rings. The molecule has 0 bridgehead atoms. The minimum Gasteiger partial charge on any atom is -0.396 e. The van der Waals surface area contributed by atoms with Gasteiger partial charge in [0.25, 0.3) is 0 Å². The number of aromatic nitrogens is 9. The number of halogens is 6. The number of ether oxygens (including phenoxy) is 5. The fraction of sp³-hybridized carbons (Fsp3) is 0.491. The number of fused-ring (bicyclic) bond motifs is 2. The predicted molar refractivity (Wildman–Crippen MR) is 332 cm³/mol. The molecule has 7 aromatic heterocycles. The zero-order chi connectivity index (χ0) is 61.2. The molecule has 4 saturated heterocycles. The molecular weight excluding hydrogens is 1250 g/mol. The standard InChI is InChI=1S/C17H26ClN3O3Si.C11H12ClN3O2.C10H12ClN3O3.C10H14ClN3O.C5H2Cl2N2O2/c1-25(2,3)11-10-24-12-20-14-4-5-15(18)19-16(14)21(17(20)22)13-6-8-23-9-7-13;12-9-2-1-8-10(14-9)15(11(16)13-8)7-3-5-17-6-4-7;11-9-2-1-8(14(15)16)10(13-9)12-7-3-5-17-6-4-7;11-9-2-1-8(12)10(14-9)13-7-3-5-15-6-4-7;6-4-2-1-3(9(10)11)5(7)8-4/h4-5,13H,6-12H2,1-3H3;1-2,7H,3-6H2,(H,13,16);1-2,7H,3-6H2,(H,12,13);1-2,7H,3-6,12H2,(H,13,14);1-2H. The second kappa shape index (κ2) is 32.3. The van der Waals surface area contributed by atoms with Gasteiger partial charge in [0.05, 0.1) is 26.6 Å². The van der Waals surface area contributed by atoms with Gasteiger partial charge in [0, 0.05) is 104 Å². The number of hydrogen-bond donors (Lipinski definition) is 4. The van der Waals surface area contributed by atoms with Gasteiger partial charge in [-0.05, 0) is 106 Å². The number of aromatic amines is 1. The summed E-state index contributed by atoms with van der Waals surface area (Å²) in [6, 6.07) is 17.6. The zero-order valence-electron chi connectivity index (χ0n) is 46.8. The maximum Gasteiger partial charge on any atom is 0.332 e. The maximum atomic E-state index is 13.0. The van der Waals surface area contributed by atoms with E-state index in [2.05, 4.69) is 60.2 Å². The Hall–Kier alpha value is -5.75. The quantitative estimate of drug-likeness (QED) is 0.0274. The Morgan fingerprint density at radius 1 is 0.600 bits per heavy atom. The van der Waals surface area contributed by atoms with Crippen LogP contribution in [0.15, 0.2) is 70.3 Å². The molecule has 4 aliphatic heterocycles. The molecule has 11 rings (SSSR count). The summed E-state index contributed by atoms with van der Waals surface area (Å²) in [6.45, 7) is 13.5. The van der Waals surface area contributed by atoms with Gasteiger partial charge in [-0.3, -0.25) is 33.9 Å². The van der Waals surface area contributed by atoms with Gasteiger partial charge in [-0.2, -0.15) is 0 Å². The van der Waals surface area contributed by atoms with E-state index >= 15 is 0 Å². The molecule has 32 heteroatoms. The summed E-state index contributed by atoms with van der Waals surface area (Å²) in [5.74, 6) is 0.906. The number of nitrogen functional groups attached to an aromatic ring is 1. The number of nitrogens with two attached hydrogens (primary N) is 1. The van der Waals surface area contributed by atoms with Crippen LogP contribution in [0.2, 0.25) is 56.6 Å². The highest BCUT2D eigenvalue weighted by atomic mass is 35.5. The third-order valence-corrected chi connectivity index (χ3v) is 16.7. The second-order valence-corrected chi connectivity index (χ2v) is 28.9. The number of anilines is 3. The van der Waals surface area contributed by atoms with E-state index in [-0.39, 0.29) is 68.9 Å². The number of hydrogen-bond acceptors (Lipinski definition) is 19. The van der Waals surface area contributed by atoms with Gasteiger partial charge in [-0.25, -0.2) is 34.5 Å². The van der Waals surface area contributed by atoms with Crippen molar-refractivity contribution < 1.29 is 33.5 Å². The number of pyridine rings is 5. The van der Waals surface area contributed by atoms with E-state index in [0.29, 0.717) is 90.5 Å². The number of rotatable bonds is 13. The van der Waals surface area contributed by atoms with Crippen molar-refractivity contribution in [1.82, 2.24) is 43.6 Å². The summed E-state index contributed by atoms with van der Waals surface area (Å²) in [5, 5.41) is 28.8. The zero-order valence-corrected chi connectivity index (χ0v) is 52.4. The summed E-state index contributed by atoms with van der Waals surface area (Å²) < 4.78 is 32.2. The molecule has 85 heavy (non-hydrogen) atoms. The Labute approximate surface area is 519 Å². The first-order valence-corrected chi connectivity index (χ1v) is 33.3. The predicted octanol–water partition coefficient (Wildman–Crippen LogP) is 11.7. The van der Waals surface area contributed by atoms with Gasteiger partial charge in [-0.1, -0.05) is 89.2 Å². The van der Waals surface area contributed by atoms with E-state index in [0.717, 1.165) is 81.7 Å². The molecule has 0 spiro atoms. The molecular formula is C53H66Cl6N14O11Si. The highest BCUT2D eigenvalue weighted by Gasteiger charge is 2.26. The van der Waals surface area contributed by atoms with Crippen molar-refractivity contribution in [2.24, 2.45) is 0 Å². The van der Waals surface area contributed by atoms with Gasteiger partial charge in [0.1, 0.15) is 32.5 Å². The fourth-order valence-corrected chi connectivity index (χ4v) is 10.9. The molecule has 11 heterocycles. The molecule has 0 radical (unpaired) electrons. The smallest absolute Gasteiger partial charge is 0.332 e. The Morgan fingerprint density at radius 2 is 1.05 bits per heavy atom. The van der Waals surface area contributed by atoms with Gasteiger partial charge in [0.2, 0.25) is 11.0 Å². The minimum absolute atomic E-state index is 0.0547. The van der Waals surface area contributed by atoms with E-state index in [4.69, 9.17) is 99.0 Å². The van der Waals surface area contributed by atoms with Crippen molar-refractivity contribution in [2.45, 2.75) is 108 Å². The monoisotopic (exact) mass is 1310 g/mol. The van der Waals surface area contributed by atoms with E-state index in [1.54, 1.807) is 44.0 Å². The third-order valence-electron chi connectivity index (χ3n) is 13.7. The summed E-state index contributed by atoms with van der Waals surface area (Å²) >= 11 is 34.3. The first-order chi connectivity index (χ1) is 40.6. The molecule has 0 saturated carbocycles. The molecule has 5 N–H and O–H groups in total. The molecule has 0 aromatic carbocycles. The third kappa shape index (κ3) is 19.9. The Bertz CT molecular complexity index is 3470. The van der Waals surface area contributed by atoms with Gasteiger partial charge < -0.3 is 45.0 Å². The average Bonchev–Trinajstić information content (AvgIpc) is 2.27. The van der Waals surface area contributed by atoms with E-state index in [1.807, 2.05) is 6.07 Å². The van der Waals surface area contributed by atoms with Crippen LogP contribution < -0.4 is 27.7 Å². The fourth-order valence-electron chi connectivity index (χ4n) is 9.18. The summed E-state index contributed by atoms with van der Waals surface area (Å²) in [4.78, 5) is 67.9. The largest absolute Gasteiger partial charge is 0.396 e. The van der Waals surface area contributed by atoms with Gasteiger partial charge in [0.15, 0.2) is 17.1 Å². The first-order valence-electron chi connectivity index (χ1n) is 27.3. The van der Waals surface area contributed by atoms with Crippen LogP contribution in [0.4, 0.5) is 28.7 Å². The number of nitrogens with one attached hydrogen (secondary N) is 3. The molecule has 7 aromatic rings. The molecule has 4 aliphatic rings. The van der Waals surface area contributed by atoms with Crippen molar-refractivity contribution in [1.29, 1.82) is 0 Å². The maximum absolute atomic E-state index is 13.0. The van der Waals surface area contributed by atoms with Crippen LogP contribution in [0.5, 0.6) is 0 Å². The van der Waals surface area contributed by atoms with Crippen LogP contribution in [0.3, 0.4) is 0 Å². The van der Waals surface area contributed by atoms with Crippen LogP contribution in [0, 0.1) is 20.2 Å². The number of H-pyrrole nitrogens is 1. The minimum atomic E-state index is -1.15. The van der Waals surface area contributed by atoms with E-state index in [1.165, 1.54) is 24.3 Å². The van der Waals surface area contributed by atoms with Crippen molar-refractivity contribution in [3.8, 4) is 0 Å². The average molecular weight is 1320 g/mol. The van der Waals surface area contributed by atoms with Crippen molar-refractivity contribution >= 4 is 129 Å². The van der Waals surface area contributed by atoms with Crippen molar-refractivity contribution in [3.05, 3.63) is 133 Å². The SMILES string of the molecule is C[Si](C)(C)CCOCn1c(=O)n(C2CCOCC2)c2nc(Cl)ccc21.Nc1ccc(Cl)nc1NC1CCOCC1.O=[N+]([O-])c1ccc(Cl)nc1Cl.O=[N+]([O-])c1ccc(Cl)nc1NC1CCOCC1.O=c1[nH]c2ccc(Cl)nc2n1C1CCOCC1. The lowest BCUT2D eigenvalue weighted by atomic mass is 10.1. The van der Waals surface area contributed by atoms with Gasteiger partial charge >= 0.3 is 22.8 Å². The van der Waals surface area contributed by atoms with Crippen LogP contribution in [0.1, 0.15) is 63.5 Å². The topological polar surface area (TPSA) is 312 Å². The van der Waals surface area contributed by atoms with Crippen LogP contribution in [-0.4, -0.2) is 133 Å². The lowest BCUT2D eigenvalue weighted by Crippen LogP contribution is -2.31. The Kier molecular flexibility index (Phi) is 25.4. The molecule has 25 nitrogen and oxygen atoms in total.